The molecule has 0 saturated heterocycles. The number of fused-ring (bicyclic) bond motifs is 1. The van der Waals surface area contributed by atoms with Gasteiger partial charge in [-0.2, -0.15) is 4.98 Å². The van der Waals surface area contributed by atoms with Crippen molar-refractivity contribution in [2.24, 2.45) is 7.05 Å². The Bertz CT molecular complexity index is 954. The number of carbonyl (C=O) groups excluding carboxylic acids is 1. The minimum atomic E-state index is -0.467. The second-order valence-electron chi connectivity index (χ2n) is 8.59. The fourth-order valence-electron chi connectivity index (χ4n) is 3.95. The highest BCUT2D eigenvalue weighted by atomic mass is 35.5. The Morgan fingerprint density at radius 2 is 1.84 bits per heavy atom. The van der Waals surface area contributed by atoms with Crippen LogP contribution in [0.5, 0.6) is 11.8 Å². The molecule has 0 bridgehead atoms. The summed E-state index contributed by atoms with van der Waals surface area (Å²) < 4.78 is 34.1. The molecule has 0 unspecified atom stereocenters. The molecule has 0 spiro atoms. The Morgan fingerprint density at radius 1 is 1.23 bits per heavy atom. The van der Waals surface area contributed by atoms with Crippen LogP contribution in [-0.4, -0.2) is 46.4 Å². The number of nitrogens with zero attached hydrogens (tertiary/aromatic N) is 2. The summed E-state index contributed by atoms with van der Waals surface area (Å²) in [7, 11) is 1.77. The zero-order valence-corrected chi connectivity index (χ0v) is 18.9. The number of hydrogen-bond acceptors (Lipinski definition) is 5. The van der Waals surface area contributed by atoms with Crippen molar-refractivity contribution in [3.8, 4) is 11.8 Å². The maximum absolute atomic E-state index is 14.6. The van der Waals surface area contributed by atoms with Crippen LogP contribution in [0.4, 0.5) is 4.39 Å². The van der Waals surface area contributed by atoms with Gasteiger partial charge in [0.1, 0.15) is 22.4 Å². The molecule has 0 aliphatic heterocycles. The number of amides is 1. The van der Waals surface area contributed by atoms with Crippen LogP contribution in [0.2, 0.25) is 5.02 Å². The average Bonchev–Trinajstić information content (AvgIpc) is 3.47. The van der Waals surface area contributed by atoms with Gasteiger partial charge in [-0.05, 0) is 45.4 Å². The minimum Gasteiger partial charge on any atom is -0.489 e. The third-order valence-corrected chi connectivity index (χ3v) is 6.07. The van der Waals surface area contributed by atoms with Gasteiger partial charge in [-0.3, -0.25) is 9.36 Å². The minimum absolute atomic E-state index is 0.0140. The number of nitrogens with one attached hydrogen (secondary N) is 1. The van der Waals surface area contributed by atoms with E-state index >= 15 is 0 Å². The number of carbonyl (C=O) groups is 1. The molecule has 1 aromatic carbocycles. The van der Waals surface area contributed by atoms with Crippen molar-refractivity contribution < 1.29 is 23.4 Å². The van der Waals surface area contributed by atoms with Crippen LogP contribution >= 0.6 is 11.6 Å². The van der Waals surface area contributed by atoms with E-state index < -0.39 is 5.82 Å². The zero-order chi connectivity index (χ0) is 22.1. The number of aryl methyl sites for hydroxylation is 1. The number of imidazole rings is 1. The fraction of sp³-hybridized carbons (Fsp3) is 0.636. The maximum Gasteiger partial charge on any atom is 0.297 e. The molecule has 9 heteroatoms. The van der Waals surface area contributed by atoms with Crippen LogP contribution < -0.4 is 14.8 Å². The lowest BCUT2D eigenvalue weighted by molar-refractivity contribution is -0.120. The summed E-state index contributed by atoms with van der Waals surface area (Å²) in [5.74, 6) is -0.167. The van der Waals surface area contributed by atoms with Gasteiger partial charge < -0.3 is 19.5 Å². The molecule has 1 aromatic heterocycles. The van der Waals surface area contributed by atoms with E-state index in [0.717, 1.165) is 38.5 Å². The van der Waals surface area contributed by atoms with Gasteiger partial charge in [0, 0.05) is 26.1 Å². The van der Waals surface area contributed by atoms with Crippen LogP contribution in [0.15, 0.2) is 6.07 Å². The zero-order valence-electron chi connectivity index (χ0n) is 18.1. The Morgan fingerprint density at radius 3 is 2.48 bits per heavy atom. The summed E-state index contributed by atoms with van der Waals surface area (Å²) in [5, 5.41) is 3.18. The highest BCUT2D eigenvalue weighted by Gasteiger charge is 2.29. The summed E-state index contributed by atoms with van der Waals surface area (Å²) in [4.78, 5) is 15.5. The first-order valence-corrected chi connectivity index (χ1v) is 11.3. The van der Waals surface area contributed by atoms with Gasteiger partial charge in [0.2, 0.25) is 5.91 Å². The van der Waals surface area contributed by atoms with E-state index in [9.17, 15) is 9.18 Å². The highest BCUT2D eigenvalue weighted by Crippen LogP contribution is 2.39. The molecule has 170 valence electrons. The van der Waals surface area contributed by atoms with E-state index in [-0.39, 0.29) is 35.8 Å². The lowest BCUT2D eigenvalue weighted by atomic mass is 9.95. The molecule has 1 heterocycles. The number of halogens is 2. The van der Waals surface area contributed by atoms with Crippen molar-refractivity contribution in [3.05, 3.63) is 16.9 Å². The van der Waals surface area contributed by atoms with Crippen molar-refractivity contribution in [3.63, 3.8) is 0 Å². The van der Waals surface area contributed by atoms with E-state index in [4.69, 9.17) is 25.8 Å². The van der Waals surface area contributed by atoms with Crippen LogP contribution in [0.3, 0.4) is 0 Å². The molecule has 0 radical (unpaired) electrons. The predicted octanol–water partition coefficient (Wildman–Crippen LogP) is 4.14. The standard InChI is InChI=1S/C22H29ClFN3O4/c1-12(25-13(2)28)11-29-14-4-6-16(7-5-14)31-22-26-20-17(24)10-18(30-15-8-9-15)19(23)21(20)27(22)3/h10,12,14-16H,4-9,11H2,1-3H3,(H,25,28)/t12-,14?,16?/m0/s1. The molecule has 1 atom stereocenters. The molecule has 1 N–H and O–H groups in total. The Labute approximate surface area is 186 Å². The molecule has 31 heavy (non-hydrogen) atoms. The van der Waals surface area contributed by atoms with Crippen LogP contribution in [0, 0.1) is 5.82 Å². The summed E-state index contributed by atoms with van der Waals surface area (Å²) in [6.45, 7) is 3.91. The molecule has 4 rings (SSSR count). The van der Waals surface area contributed by atoms with E-state index in [2.05, 4.69) is 10.3 Å². The molecule has 7 nitrogen and oxygen atoms in total. The third kappa shape index (κ3) is 5.23. The van der Waals surface area contributed by atoms with E-state index in [1.807, 2.05) is 6.92 Å². The van der Waals surface area contributed by atoms with Gasteiger partial charge in [-0.15, -0.1) is 0 Å². The number of hydrogen-bond donors (Lipinski definition) is 1. The largest absolute Gasteiger partial charge is 0.489 e. The molecule has 2 aliphatic carbocycles. The summed E-state index contributed by atoms with van der Waals surface area (Å²) in [6.07, 6.45) is 5.52. The number of benzene rings is 1. The van der Waals surface area contributed by atoms with Crippen molar-refractivity contribution in [1.82, 2.24) is 14.9 Å². The van der Waals surface area contributed by atoms with E-state index in [0.29, 0.717) is 28.9 Å². The first kappa shape index (κ1) is 22.1. The summed E-state index contributed by atoms with van der Waals surface area (Å²) in [6, 6.07) is 1.65. The van der Waals surface area contributed by atoms with Crippen molar-refractivity contribution in [2.45, 2.75) is 76.7 Å². The van der Waals surface area contributed by atoms with Crippen LogP contribution in [0.25, 0.3) is 11.0 Å². The third-order valence-electron chi connectivity index (χ3n) is 5.71. The Hall–Kier alpha value is -2.06. The smallest absolute Gasteiger partial charge is 0.297 e. The fourth-order valence-corrected chi connectivity index (χ4v) is 4.27. The summed E-state index contributed by atoms with van der Waals surface area (Å²) >= 11 is 6.51. The van der Waals surface area contributed by atoms with Gasteiger partial charge in [0.15, 0.2) is 5.82 Å². The first-order valence-electron chi connectivity index (χ1n) is 10.9. The molecule has 2 aromatic rings. The van der Waals surface area contributed by atoms with Gasteiger partial charge in [0.05, 0.1) is 24.3 Å². The van der Waals surface area contributed by atoms with Gasteiger partial charge in [-0.25, -0.2) is 4.39 Å². The lowest BCUT2D eigenvalue weighted by Gasteiger charge is -2.29. The van der Waals surface area contributed by atoms with Crippen molar-refractivity contribution in [2.75, 3.05) is 6.61 Å². The van der Waals surface area contributed by atoms with Crippen molar-refractivity contribution in [1.29, 1.82) is 0 Å². The quantitative estimate of drug-likeness (QED) is 0.650. The number of aromatic nitrogens is 2. The predicted molar refractivity (Wildman–Crippen MR) is 115 cm³/mol. The molecule has 1 amide bonds. The van der Waals surface area contributed by atoms with Gasteiger partial charge in [0.25, 0.3) is 6.01 Å². The van der Waals surface area contributed by atoms with E-state index in [1.165, 1.54) is 13.0 Å². The lowest BCUT2D eigenvalue weighted by Crippen LogP contribution is -2.37. The second-order valence-corrected chi connectivity index (χ2v) is 8.97. The number of ether oxygens (including phenoxy) is 3. The Balaban J connectivity index is 1.37. The topological polar surface area (TPSA) is 74.6 Å². The van der Waals surface area contributed by atoms with E-state index in [1.54, 1.807) is 11.6 Å². The molecule has 2 saturated carbocycles. The van der Waals surface area contributed by atoms with Gasteiger partial charge in [-0.1, -0.05) is 11.6 Å². The first-order chi connectivity index (χ1) is 14.8. The maximum atomic E-state index is 14.6. The van der Waals surface area contributed by atoms with Crippen LogP contribution in [-0.2, 0) is 16.6 Å². The molecule has 2 aliphatic rings. The van der Waals surface area contributed by atoms with Gasteiger partial charge >= 0.3 is 0 Å². The van der Waals surface area contributed by atoms with Crippen LogP contribution in [0.1, 0.15) is 52.4 Å². The summed E-state index contributed by atoms with van der Waals surface area (Å²) in [5.41, 5.74) is 0.672. The van der Waals surface area contributed by atoms with Crippen molar-refractivity contribution >= 4 is 28.5 Å². The average molecular weight is 454 g/mol. The molecular weight excluding hydrogens is 425 g/mol. The highest BCUT2D eigenvalue weighted by molar-refractivity contribution is 6.36. The number of rotatable bonds is 8. The molecular formula is C22H29ClFN3O4. The second kappa shape index (κ2) is 9.20. The SMILES string of the molecule is CC(=O)N[C@@H](C)COC1CCC(Oc2nc3c(F)cc(OC4CC4)c(Cl)c3n2C)CC1. The molecule has 2 fully saturated rings. The Kier molecular flexibility index (Phi) is 6.57. The monoisotopic (exact) mass is 453 g/mol. The normalized spacial score (nSPS) is 22.4.